The first kappa shape index (κ1) is 39.2. The summed E-state index contributed by atoms with van der Waals surface area (Å²) in [6, 6.07) is 88.3. The van der Waals surface area contributed by atoms with Crippen molar-refractivity contribution >= 4 is 43.6 Å². The Hall–Kier alpha value is -9.19. The Labute approximate surface area is 393 Å². The lowest BCUT2D eigenvalue weighted by Crippen LogP contribution is -2.07. The third kappa shape index (κ3) is 6.68. The van der Waals surface area contributed by atoms with E-state index < -0.39 is 0 Å². The van der Waals surface area contributed by atoms with Crippen molar-refractivity contribution in [2.75, 3.05) is 0 Å². The number of benzene rings is 10. The highest BCUT2D eigenvalue weighted by Gasteiger charge is 2.21. The minimum Gasteiger partial charge on any atom is -0.309 e. The van der Waals surface area contributed by atoms with Crippen LogP contribution in [0.2, 0.25) is 0 Å². The zero-order valence-corrected chi connectivity index (χ0v) is 36.9. The number of nitrogens with zero attached hydrogens (tertiary/aromatic N) is 5. The van der Waals surface area contributed by atoms with Crippen LogP contribution < -0.4 is 0 Å². The summed E-state index contributed by atoms with van der Waals surface area (Å²) in [7, 11) is 0. The molecule has 0 radical (unpaired) electrons. The standard InChI is InChI=1S/C63H41N5/c1-4-18-42(19-5-1)48-38-39-59(67-56-31-13-10-26-51(56)52-27-11-14-32-57(52)67)55(41-48)49-25-16-24-47(40-49)43-34-36-46(37-35-43)62-64-61(45-22-8-3-9-23-45)65-63(66-62)68-58-33-15-12-28-53(58)54-30-17-29-50(60(54)68)44-20-6-2-7-21-44/h1-41H. The largest absolute Gasteiger partial charge is 0.309 e. The molecule has 0 unspecified atom stereocenters. The maximum absolute atomic E-state index is 5.31. The van der Waals surface area contributed by atoms with E-state index in [-0.39, 0.29) is 0 Å². The Morgan fingerprint density at radius 1 is 0.250 bits per heavy atom. The first-order valence-corrected chi connectivity index (χ1v) is 23.0. The Bertz CT molecular complexity index is 3950. The van der Waals surface area contributed by atoms with Crippen molar-refractivity contribution in [3.05, 3.63) is 249 Å². The molecule has 10 aromatic carbocycles. The smallest absolute Gasteiger partial charge is 0.238 e. The number of hydrogen-bond acceptors (Lipinski definition) is 3. The molecule has 3 aromatic heterocycles. The van der Waals surface area contributed by atoms with Gasteiger partial charge in [0.15, 0.2) is 11.6 Å². The van der Waals surface area contributed by atoms with Crippen molar-refractivity contribution in [2.45, 2.75) is 0 Å². The van der Waals surface area contributed by atoms with Crippen molar-refractivity contribution in [1.82, 2.24) is 24.1 Å². The van der Waals surface area contributed by atoms with Gasteiger partial charge in [0.05, 0.1) is 27.8 Å². The highest BCUT2D eigenvalue weighted by molar-refractivity contribution is 6.14. The van der Waals surface area contributed by atoms with Gasteiger partial charge in [-0.2, -0.15) is 9.97 Å². The molecule has 13 aromatic rings. The number of para-hydroxylation sites is 4. The predicted molar refractivity (Wildman–Crippen MR) is 281 cm³/mol. The molecule has 0 N–H and O–H groups in total. The van der Waals surface area contributed by atoms with Gasteiger partial charge in [0, 0.05) is 43.8 Å². The maximum Gasteiger partial charge on any atom is 0.238 e. The Kier molecular flexibility index (Phi) is 9.43. The maximum atomic E-state index is 5.31. The molecule has 13 rings (SSSR count). The van der Waals surface area contributed by atoms with E-state index in [0.717, 1.165) is 72.0 Å². The molecule has 0 atom stereocenters. The number of rotatable bonds is 8. The van der Waals surface area contributed by atoms with Crippen molar-refractivity contribution in [2.24, 2.45) is 0 Å². The van der Waals surface area contributed by atoms with E-state index in [2.05, 4.69) is 240 Å². The molecule has 5 heteroatoms. The SMILES string of the molecule is c1ccc(-c2ccc(-n3c4ccccc4c4ccccc43)c(-c3cccc(-c4ccc(-c5nc(-c6ccccc6)nc(-n6c7ccccc7c7cccc(-c8ccccc8)c76)n5)cc4)c3)c2)cc1. The van der Waals surface area contributed by atoms with Gasteiger partial charge in [-0.05, 0) is 69.8 Å². The molecule has 3 heterocycles. The lowest BCUT2D eigenvalue weighted by atomic mass is 9.94. The summed E-state index contributed by atoms with van der Waals surface area (Å²) in [6.45, 7) is 0. The first-order chi connectivity index (χ1) is 33.7. The predicted octanol–water partition coefficient (Wildman–Crippen LogP) is 16.1. The van der Waals surface area contributed by atoms with Crippen LogP contribution in [0.4, 0.5) is 0 Å². The summed E-state index contributed by atoms with van der Waals surface area (Å²) in [5.74, 6) is 1.78. The van der Waals surface area contributed by atoms with Gasteiger partial charge in [-0.3, -0.25) is 4.57 Å². The van der Waals surface area contributed by atoms with Crippen LogP contribution in [0.5, 0.6) is 0 Å². The fraction of sp³-hybridized carbons (Fsp3) is 0. The van der Waals surface area contributed by atoms with Crippen molar-refractivity contribution < 1.29 is 0 Å². The van der Waals surface area contributed by atoms with Crippen LogP contribution in [-0.2, 0) is 0 Å². The van der Waals surface area contributed by atoms with Crippen molar-refractivity contribution in [1.29, 1.82) is 0 Å². The zero-order valence-electron chi connectivity index (χ0n) is 36.9. The third-order valence-corrected chi connectivity index (χ3v) is 13.2. The van der Waals surface area contributed by atoms with E-state index in [1.807, 2.05) is 18.2 Å². The molecular weight excluding hydrogens is 827 g/mol. The molecule has 0 aliphatic heterocycles. The van der Waals surface area contributed by atoms with Crippen LogP contribution >= 0.6 is 0 Å². The Morgan fingerprint density at radius 3 is 1.32 bits per heavy atom. The van der Waals surface area contributed by atoms with Gasteiger partial charge in [-0.1, -0.05) is 212 Å². The van der Waals surface area contributed by atoms with Gasteiger partial charge in [0.1, 0.15) is 0 Å². The van der Waals surface area contributed by atoms with Gasteiger partial charge >= 0.3 is 0 Å². The topological polar surface area (TPSA) is 48.5 Å². The molecule has 0 spiro atoms. The lowest BCUT2D eigenvalue weighted by molar-refractivity contribution is 0.954. The highest BCUT2D eigenvalue weighted by atomic mass is 15.2. The molecule has 0 amide bonds. The summed E-state index contributed by atoms with van der Waals surface area (Å²) in [4.78, 5) is 15.7. The molecule has 0 bridgehead atoms. The van der Waals surface area contributed by atoms with E-state index >= 15 is 0 Å². The van der Waals surface area contributed by atoms with Gasteiger partial charge in [0.2, 0.25) is 5.95 Å². The van der Waals surface area contributed by atoms with Crippen LogP contribution in [-0.4, -0.2) is 24.1 Å². The molecule has 5 nitrogen and oxygen atoms in total. The van der Waals surface area contributed by atoms with Gasteiger partial charge in [0.25, 0.3) is 0 Å². The highest BCUT2D eigenvalue weighted by Crippen LogP contribution is 2.41. The normalized spacial score (nSPS) is 11.5. The molecule has 318 valence electrons. The van der Waals surface area contributed by atoms with Gasteiger partial charge in [-0.25, -0.2) is 4.98 Å². The summed E-state index contributed by atoms with van der Waals surface area (Å²) in [5.41, 5.74) is 16.5. The lowest BCUT2D eigenvalue weighted by Gasteiger charge is -2.17. The molecule has 68 heavy (non-hydrogen) atoms. The van der Waals surface area contributed by atoms with E-state index in [4.69, 9.17) is 15.0 Å². The molecule has 0 saturated carbocycles. The van der Waals surface area contributed by atoms with E-state index in [0.29, 0.717) is 17.6 Å². The van der Waals surface area contributed by atoms with Gasteiger partial charge < -0.3 is 4.57 Å². The molecule has 0 fully saturated rings. The summed E-state index contributed by atoms with van der Waals surface area (Å²) in [6.07, 6.45) is 0. The fourth-order valence-electron chi connectivity index (χ4n) is 10.0. The van der Waals surface area contributed by atoms with Crippen molar-refractivity contribution in [3.8, 4) is 78.9 Å². The minimum absolute atomic E-state index is 0.567. The quantitative estimate of drug-likeness (QED) is 0.153. The zero-order chi connectivity index (χ0) is 45.0. The Balaban J connectivity index is 0.943. The van der Waals surface area contributed by atoms with Crippen LogP contribution in [0.25, 0.3) is 123 Å². The van der Waals surface area contributed by atoms with Crippen LogP contribution in [0.15, 0.2) is 249 Å². The fourth-order valence-corrected chi connectivity index (χ4v) is 10.0. The van der Waals surface area contributed by atoms with E-state index in [9.17, 15) is 0 Å². The molecular formula is C63H41N5. The summed E-state index contributed by atoms with van der Waals surface area (Å²) in [5, 5.41) is 4.77. The average molecular weight is 868 g/mol. The molecule has 0 saturated heterocycles. The Morgan fingerprint density at radius 2 is 0.676 bits per heavy atom. The van der Waals surface area contributed by atoms with Gasteiger partial charge in [-0.15, -0.1) is 0 Å². The van der Waals surface area contributed by atoms with Crippen LogP contribution in [0.3, 0.4) is 0 Å². The second-order valence-corrected chi connectivity index (χ2v) is 17.2. The number of hydrogen-bond donors (Lipinski definition) is 0. The first-order valence-electron chi connectivity index (χ1n) is 23.0. The number of aromatic nitrogens is 5. The number of fused-ring (bicyclic) bond motifs is 6. The van der Waals surface area contributed by atoms with E-state index in [1.165, 1.54) is 32.9 Å². The molecule has 0 aliphatic rings. The minimum atomic E-state index is 0.567. The molecule has 0 aliphatic carbocycles. The van der Waals surface area contributed by atoms with Crippen LogP contribution in [0.1, 0.15) is 0 Å². The van der Waals surface area contributed by atoms with Crippen LogP contribution in [0, 0.1) is 0 Å². The monoisotopic (exact) mass is 867 g/mol. The van der Waals surface area contributed by atoms with Crippen molar-refractivity contribution in [3.63, 3.8) is 0 Å². The second-order valence-electron chi connectivity index (χ2n) is 17.2. The summed E-state index contributed by atoms with van der Waals surface area (Å²) < 4.78 is 4.63. The summed E-state index contributed by atoms with van der Waals surface area (Å²) >= 11 is 0. The third-order valence-electron chi connectivity index (χ3n) is 13.2. The second kappa shape index (κ2) is 16.4. The average Bonchev–Trinajstić information content (AvgIpc) is 3.95. The van der Waals surface area contributed by atoms with E-state index in [1.54, 1.807) is 0 Å².